The van der Waals surface area contributed by atoms with Crippen molar-refractivity contribution in [3.8, 4) is 0 Å². The minimum atomic E-state index is -3.79. The number of carbonyl (C=O) groups excluding carboxylic acids is 1. The minimum absolute atomic E-state index is 0.0579. The molecule has 0 aliphatic carbocycles. The maximum atomic E-state index is 12.7. The van der Waals surface area contributed by atoms with E-state index in [0.717, 1.165) is 11.3 Å². The number of hydrogen-bond donors (Lipinski definition) is 1. The summed E-state index contributed by atoms with van der Waals surface area (Å²) in [6.07, 6.45) is 1.02. The van der Waals surface area contributed by atoms with Gasteiger partial charge in [0.25, 0.3) is 10.0 Å². The highest BCUT2D eigenvalue weighted by molar-refractivity contribution is 7.92. The molecular formula is C17H17ClN2O3S. The van der Waals surface area contributed by atoms with Gasteiger partial charge in [-0.25, -0.2) is 8.42 Å². The summed E-state index contributed by atoms with van der Waals surface area (Å²) in [5.41, 5.74) is 2.78. The fourth-order valence-corrected chi connectivity index (χ4v) is 4.77. The van der Waals surface area contributed by atoms with E-state index in [9.17, 15) is 13.2 Å². The molecule has 0 unspecified atom stereocenters. The summed E-state index contributed by atoms with van der Waals surface area (Å²) in [5, 5.41) is 0.186. The molecule has 0 saturated carbocycles. The highest BCUT2D eigenvalue weighted by Crippen LogP contribution is 2.31. The summed E-state index contributed by atoms with van der Waals surface area (Å²) in [5.74, 6) is 0.0579. The molecule has 1 heterocycles. The average molecular weight is 365 g/mol. The molecule has 126 valence electrons. The van der Waals surface area contributed by atoms with Crippen molar-refractivity contribution in [1.29, 1.82) is 0 Å². The van der Waals surface area contributed by atoms with Crippen LogP contribution in [0.25, 0.3) is 0 Å². The van der Waals surface area contributed by atoms with Gasteiger partial charge in [-0.3, -0.25) is 9.52 Å². The number of carbonyl (C=O) groups is 1. The van der Waals surface area contributed by atoms with Crippen molar-refractivity contribution >= 4 is 38.9 Å². The molecule has 1 aliphatic heterocycles. The zero-order chi connectivity index (χ0) is 17.5. The van der Waals surface area contributed by atoms with E-state index in [4.69, 9.17) is 11.6 Å². The van der Waals surface area contributed by atoms with E-state index in [1.54, 1.807) is 55.3 Å². The van der Waals surface area contributed by atoms with Crippen LogP contribution >= 0.6 is 11.6 Å². The van der Waals surface area contributed by atoms with Crippen LogP contribution in [0.15, 0.2) is 41.3 Å². The maximum absolute atomic E-state index is 12.7. The highest BCUT2D eigenvalue weighted by atomic mass is 35.5. The third kappa shape index (κ3) is 2.99. The molecule has 0 aromatic heterocycles. The van der Waals surface area contributed by atoms with Gasteiger partial charge in [0.05, 0.1) is 5.02 Å². The minimum Gasteiger partial charge on any atom is -0.315 e. The second kappa shape index (κ2) is 6.11. The Kier molecular flexibility index (Phi) is 4.27. The first-order chi connectivity index (χ1) is 11.3. The molecule has 0 atom stereocenters. The summed E-state index contributed by atoms with van der Waals surface area (Å²) >= 11 is 6.07. The highest BCUT2D eigenvalue weighted by Gasteiger charge is 2.23. The third-order valence-corrected chi connectivity index (χ3v) is 6.12. The van der Waals surface area contributed by atoms with Crippen LogP contribution in [0.3, 0.4) is 0 Å². The standard InChI is InChI=1S/C17H17ClN2O3S/c1-11-4-3-5-14(18)17(11)24(22,23)19-13-7-8-15-12(10-13)6-9-16(21)20(15)2/h3-5,7-8,10,19H,6,9H2,1-2H3. The molecule has 1 N–H and O–H groups in total. The molecule has 0 spiro atoms. The van der Waals surface area contributed by atoms with Crippen molar-refractivity contribution in [2.24, 2.45) is 0 Å². The number of aryl methyl sites for hydroxylation is 2. The number of halogens is 1. The van der Waals surface area contributed by atoms with Crippen LogP contribution in [-0.2, 0) is 21.2 Å². The largest absolute Gasteiger partial charge is 0.315 e. The topological polar surface area (TPSA) is 66.5 Å². The van der Waals surface area contributed by atoms with E-state index in [-0.39, 0.29) is 15.8 Å². The Hall–Kier alpha value is -2.05. The predicted molar refractivity (Wildman–Crippen MR) is 95.2 cm³/mol. The lowest BCUT2D eigenvalue weighted by molar-refractivity contribution is -0.118. The van der Waals surface area contributed by atoms with Gasteiger partial charge in [-0.15, -0.1) is 0 Å². The van der Waals surface area contributed by atoms with Gasteiger partial charge in [-0.05, 0) is 48.7 Å². The van der Waals surface area contributed by atoms with Crippen molar-refractivity contribution in [3.63, 3.8) is 0 Å². The van der Waals surface area contributed by atoms with Crippen molar-refractivity contribution in [1.82, 2.24) is 0 Å². The first kappa shape index (κ1) is 16.8. The van der Waals surface area contributed by atoms with E-state index in [0.29, 0.717) is 24.1 Å². The number of nitrogens with zero attached hydrogens (tertiary/aromatic N) is 1. The monoisotopic (exact) mass is 364 g/mol. The van der Waals surface area contributed by atoms with E-state index in [2.05, 4.69) is 4.72 Å². The molecule has 2 aromatic rings. The third-order valence-electron chi connectivity index (χ3n) is 4.11. The van der Waals surface area contributed by atoms with Gasteiger partial charge >= 0.3 is 0 Å². The van der Waals surface area contributed by atoms with Crippen LogP contribution in [-0.4, -0.2) is 21.4 Å². The van der Waals surface area contributed by atoms with Crippen LogP contribution in [0, 0.1) is 6.92 Å². The molecule has 0 radical (unpaired) electrons. The Morgan fingerprint density at radius 2 is 1.92 bits per heavy atom. The quantitative estimate of drug-likeness (QED) is 0.908. The van der Waals surface area contributed by atoms with Crippen molar-refractivity contribution in [2.45, 2.75) is 24.7 Å². The molecule has 0 saturated heterocycles. The van der Waals surface area contributed by atoms with Crippen LogP contribution in [0.2, 0.25) is 5.02 Å². The van der Waals surface area contributed by atoms with E-state index >= 15 is 0 Å². The Bertz CT molecular complexity index is 905. The summed E-state index contributed by atoms with van der Waals surface area (Å²) in [4.78, 5) is 13.4. The number of nitrogens with one attached hydrogen (secondary N) is 1. The lowest BCUT2D eigenvalue weighted by Gasteiger charge is -2.26. The number of amides is 1. The van der Waals surface area contributed by atoms with Gasteiger partial charge < -0.3 is 4.90 Å². The zero-order valence-corrected chi connectivity index (χ0v) is 14.9. The second-order valence-electron chi connectivity index (χ2n) is 5.79. The zero-order valence-electron chi connectivity index (χ0n) is 13.3. The molecule has 0 fully saturated rings. The number of hydrogen-bond acceptors (Lipinski definition) is 3. The van der Waals surface area contributed by atoms with E-state index < -0.39 is 10.0 Å². The van der Waals surface area contributed by atoms with E-state index in [1.165, 1.54) is 0 Å². The smallest absolute Gasteiger partial charge is 0.263 e. The summed E-state index contributed by atoms with van der Waals surface area (Å²) in [6.45, 7) is 1.70. The van der Waals surface area contributed by atoms with Gasteiger partial charge in [0.15, 0.2) is 0 Å². The summed E-state index contributed by atoms with van der Waals surface area (Å²) in [7, 11) is -2.07. The van der Waals surface area contributed by atoms with E-state index in [1.807, 2.05) is 0 Å². The molecule has 1 aliphatic rings. The molecule has 2 aromatic carbocycles. The van der Waals surface area contributed by atoms with Gasteiger partial charge in [0, 0.05) is 24.8 Å². The SMILES string of the molecule is Cc1cccc(Cl)c1S(=O)(=O)Nc1ccc2c(c1)CCC(=O)N2C. The lowest BCUT2D eigenvalue weighted by atomic mass is 10.0. The van der Waals surface area contributed by atoms with Crippen LogP contribution in [0.1, 0.15) is 17.5 Å². The normalized spacial score (nSPS) is 14.5. The number of fused-ring (bicyclic) bond motifs is 1. The van der Waals surface area contributed by atoms with Crippen LogP contribution in [0.4, 0.5) is 11.4 Å². The fraction of sp³-hybridized carbons (Fsp3) is 0.235. The summed E-state index contributed by atoms with van der Waals surface area (Å²) in [6, 6.07) is 10.1. The van der Waals surface area contributed by atoms with Crippen molar-refractivity contribution < 1.29 is 13.2 Å². The Labute approximate surface area is 146 Å². The number of benzene rings is 2. The molecule has 24 heavy (non-hydrogen) atoms. The van der Waals surface area contributed by atoms with Gasteiger partial charge in [0.1, 0.15) is 4.90 Å². The molecule has 3 rings (SSSR count). The van der Waals surface area contributed by atoms with Gasteiger partial charge in [-0.1, -0.05) is 23.7 Å². The Morgan fingerprint density at radius 3 is 2.62 bits per heavy atom. The average Bonchev–Trinajstić information content (AvgIpc) is 2.50. The first-order valence-electron chi connectivity index (χ1n) is 7.47. The van der Waals surface area contributed by atoms with Crippen molar-refractivity contribution in [3.05, 3.63) is 52.5 Å². The van der Waals surface area contributed by atoms with Crippen LogP contribution < -0.4 is 9.62 Å². The Balaban J connectivity index is 1.96. The Morgan fingerprint density at radius 1 is 1.17 bits per heavy atom. The van der Waals surface area contributed by atoms with Crippen LogP contribution in [0.5, 0.6) is 0 Å². The maximum Gasteiger partial charge on any atom is 0.263 e. The molecule has 5 nitrogen and oxygen atoms in total. The molecule has 0 bridgehead atoms. The van der Waals surface area contributed by atoms with Gasteiger partial charge in [0.2, 0.25) is 5.91 Å². The molecule has 1 amide bonds. The van der Waals surface area contributed by atoms with Crippen molar-refractivity contribution in [2.75, 3.05) is 16.7 Å². The first-order valence-corrected chi connectivity index (χ1v) is 9.33. The second-order valence-corrected chi connectivity index (χ2v) is 7.81. The molecule has 7 heteroatoms. The predicted octanol–water partition coefficient (Wildman–Crippen LogP) is 3.36. The lowest BCUT2D eigenvalue weighted by Crippen LogP contribution is -2.31. The number of rotatable bonds is 3. The van der Waals surface area contributed by atoms with Gasteiger partial charge in [-0.2, -0.15) is 0 Å². The molecular weight excluding hydrogens is 348 g/mol. The number of anilines is 2. The fourth-order valence-electron chi connectivity index (χ4n) is 2.88. The summed E-state index contributed by atoms with van der Waals surface area (Å²) < 4.78 is 27.9. The number of sulfonamides is 1.